The summed E-state index contributed by atoms with van der Waals surface area (Å²) in [5.74, 6) is -7.68. The second kappa shape index (κ2) is 3.58. The van der Waals surface area contributed by atoms with Crippen molar-refractivity contribution >= 4 is 5.91 Å². The number of carbonyl (C=O) groups excluding carboxylic acids is 1. The van der Waals surface area contributed by atoms with Crippen LogP contribution >= 0.6 is 0 Å². The van der Waals surface area contributed by atoms with Crippen LogP contribution in [0.5, 0.6) is 0 Å². The molecule has 0 saturated carbocycles. The van der Waals surface area contributed by atoms with E-state index in [1.807, 2.05) is 0 Å². The summed E-state index contributed by atoms with van der Waals surface area (Å²) in [5.41, 5.74) is 0. The molecule has 1 N–H and O–H groups in total. The van der Waals surface area contributed by atoms with Crippen LogP contribution in [-0.4, -0.2) is 47.2 Å². The Balaban J connectivity index is 2.76. The highest BCUT2D eigenvalue weighted by Crippen LogP contribution is 2.37. The van der Waals surface area contributed by atoms with Gasteiger partial charge in [-0.05, 0) is 6.42 Å². The first kappa shape index (κ1) is 12.2. The van der Waals surface area contributed by atoms with E-state index in [9.17, 15) is 26.7 Å². The Labute approximate surface area is 81.5 Å². The third-order valence-electron chi connectivity index (χ3n) is 2.08. The Hall–Kier alpha value is -0.920. The molecule has 1 amide bonds. The third kappa shape index (κ3) is 2.19. The van der Waals surface area contributed by atoms with Crippen molar-refractivity contribution in [2.45, 2.75) is 24.6 Å². The number of aliphatic hydroxyl groups excluding tert-OH is 1. The van der Waals surface area contributed by atoms with Crippen LogP contribution in [0.15, 0.2) is 0 Å². The first-order valence-electron chi connectivity index (χ1n) is 4.08. The van der Waals surface area contributed by atoms with Crippen LogP contribution in [0.1, 0.15) is 6.42 Å². The number of hydrogen-bond acceptors (Lipinski definition) is 2. The molecule has 0 aromatic carbocycles. The molecule has 0 spiro atoms. The van der Waals surface area contributed by atoms with E-state index in [0.29, 0.717) is 4.90 Å². The SMILES string of the molecule is O=C(N1CCC(O)C1)C(F)(F)C(F)(F)F. The van der Waals surface area contributed by atoms with Gasteiger partial charge in [0.05, 0.1) is 6.10 Å². The van der Waals surface area contributed by atoms with Crippen molar-refractivity contribution < 1.29 is 31.9 Å². The van der Waals surface area contributed by atoms with Crippen molar-refractivity contribution in [2.24, 2.45) is 0 Å². The van der Waals surface area contributed by atoms with Gasteiger partial charge in [-0.3, -0.25) is 4.79 Å². The highest BCUT2D eigenvalue weighted by molar-refractivity contribution is 5.84. The van der Waals surface area contributed by atoms with Crippen LogP contribution in [0.3, 0.4) is 0 Å². The average Bonchev–Trinajstić information content (AvgIpc) is 2.48. The Morgan fingerprint density at radius 2 is 1.80 bits per heavy atom. The van der Waals surface area contributed by atoms with Gasteiger partial charge >= 0.3 is 18.0 Å². The Morgan fingerprint density at radius 3 is 2.13 bits per heavy atom. The van der Waals surface area contributed by atoms with Crippen molar-refractivity contribution in [3.8, 4) is 0 Å². The molecule has 88 valence electrons. The van der Waals surface area contributed by atoms with E-state index < -0.39 is 30.7 Å². The molecule has 1 aliphatic rings. The molecule has 1 unspecified atom stereocenters. The number of hydrogen-bond donors (Lipinski definition) is 1. The summed E-state index contributed by atoms with van der Waals surface area (Å²) < 4.78 is 60.3. The monoisotopic (exact) mass is 233 g/mol. The van der Waals surface area contributed by atoms with Gasteiger partial charge in [0.15, 0.2) is 0 Å². The number of amides is 1. The van der Waals surface area contributed by atoms with Crippen molar-refractivity contribution in [3.63, 3.8) is 0 Å². The lowest BCUT2D eigenvalue weighted by Crippen LogP contribution is -2.51. The zero-order valence-electron chi connectivity index (χ0n) is 7.39. The van der Waals surface area contributed by atoms with E-state index in [2.05, 4.69) is 0 Å². The minimum Gasteiger partial charge on any atom is -0.391 e. The van der Waals surface area contributed by atoms with Gasteiger partial charge in [-0.15, -0.1) is 0 Å². The van der Waals surface area contributed by atoms with Gasteiger partial charge in [0, 0.05) is 13.1 Å². The number of nitrogens with zero attached hydrogens (tertiary/aromatic N) is 1. The molecule has 1 atom stereocenters. The molecule has 1 aliphatic heterocycles. The Kier molecular flexibility index (Phi) is 2.90. The molecular formula is C7H8F5NO2. The van der Waals surface area contributed by atoms with Crippen LogP contribution in [0, 0.1) is 0 Å². The minimum absolute atomic E-state index is 0.0136. The van der Waals surface area contributed by atoms with Gasteiger partial charge in [0.1, 0.15) is 0 Å². The zero-order chi connectivity index (χ0) is 11.9. The van der Waals surface area contributed by atoms with Crippen LogP contribution in [0.4, 0.5) is 22.0 Å². The van der Waals surface area contributed by atoms with Gasteiger partial charge in [0.2, 0.25) is 0 Å². The third-order valence-corrected chi connectivity index (χ3v) is 2.08. The van der Waals surface area contributed by atoms with Crippen molar-refractivity contribution in [2.75, 3.05) is 13.1 Å². The maximum absolute atomic E-state index is 12.5. The summed E-state index contributed by atoms with van der Waals surface area (Å²) in [7, 11) is 0. The van der Waals surface area contributed by atoms with Crippen molar-refractivity contribution in [3.05, 3.63) is 0 Å². The lowest BCUT2D eigenvalue weighted by molar-refractivity contribution is -0.274. The molecule has 0 radical (unpaired) electrons. The summed E-state index contributed by atoms with van der Waals surface area (Å²) in [5, 5.41) is 8.90. The summed E-state index contributed by atoms with van der Waals surface area (Å²) in [6.45, 7) is -0.768. The minimum atomic E-state index is -5.89. The van der Waals surface area contributed by atoms with Gasteiger partial charge in [-0.1, -0.05) is 0 Å². The second-order valence-corrected chi connectivity index (χ2v) is 3.27. The molecule has 0 aromatic rings. The molecule has 8 heteroatoms. The first-order chi connectivity index (χ1) is 6.66. The smallest absolute Gasteiger partial charge is 0.391 e. The molecule has 1 fully saturated rings. The molecule has 0 aromatic heterocycles. The van der Waals surface area contributed by atoms with Crippen molar-refractivity contribution in [1.29, 1.82) is 0 Å². The Morgan fingerprint density at radius 1 is 1.27 bits per heavy atom. The van der Waals surface area contributed by atoms with Gasteiger partial charge in [0.25, 0.3) is 0 Å². The number of halogens is 5. The highest BCUT2D eigenvalue weighted by Gasteiger charge is 2.64. The highest BCUT2D eigenvalue weighted by atomic mass is 19.4. The average molecular weight is 233 g/mol. The standard InChI is InChI=1S/C7H8F5NO2/c8-6(9,7(10,11)12)5(15)13-2-1-4(14)3-13/h4,14H,1-3H2. The molecule has 3 nitrogen and oxygen atoms in total. The lowest BCUT2D eigenvalue weighted by Gasteiger charge is -2.24. The van der Waals surface area contributed by atoms with E-state index in [4.69, 9.17) is 5.11 Å². The molecule has 15 heavy (non-hydrogen) atoms. The van der Waals surface area contributed by atoms with E-state index in [0.717, 1.165) is 0 Å². The summed E-state index contributed by atoms with van der Waals surface area (Å²) >= 11 is 0. The van der Waals surface area contributed by atoms with Crippen LogP contribution in [-0.2, 0) is 4.79 Å². The quantitative estimate of drug-likeness (QED) is 0.680. The number of β-amino-alcohol motifs (C(OH)–C–C–N with tert-alkyl or cyclic N) is 1. The van der Waals surface area contributed by atoms with Gasteiger partial charge in [-0.25, -0.2) is 0 Å². The maximum Gasteiger partial charge on any atom is 0.463 e. The molecule has 0 bridgehead atoms. The largest absolute Gasteiger partial charge is 0.463 e. The summed E-state index contributed by atoms with van der Waals surface area (Å²) in [6.07, 6.45) is -6.91. The molecule has 0 aliphatic carbocycles. The maximum atomic E-state index is 12.5. The molecule has 1 rings (SSSR count). The second-order valence-electron chi connectivity index (χ2n) is 3.27. The van der Waals surface area contributed by atoms with Crippen LogP contribution in [0.2, 0.25) is 0 Å². The first-order valence-corrected chi connectivity index (χ1v) is 4.08. The van der Waals surface area contributed by atoms with Gasteiger partial charge in [-0.2, -0.15) is 22.0 Å². The number of aliphatic hydroxyl groups is 1. The number of carbonyl (C=O) groups is 1. The topological polar surface area (TPSA) is 40.5 Å². The lowest BCUT2D eigenvalue weighted by atomic mass is 10.3. The van der Waals surface area contributed by atoms with E-state index in [1.165, 1.54) is 0 Å². The van der Waals surface area contributed by atoms with E-state index >= 15 is 0 Å². The fourth-order valence-corrected chi connectivity index (χ4v) is 1.25. The summed E-state index contributed by atoms with van der Waals surface area (Å²) in [4.78, 5) is 11.1. The van der Waals surface area contributed by atoms with Crippen LogP contribution in [0.25, 0.3) is 0 Å². The molecule has 1 saturated heterocycles. The zero-order valence-corrected chi connectivity index (χ0v) is 7.39. The molecule has 1 heterocycles. The predicted octanol–water partition coefficient (Wildman–Crippen LogP) is 0.777. The predicted molar refractivity (Wildman–Crippen MR) is 38.2 cm³/mol. The van der Waals surface area contributed by atoms with E-state index in [-0.39, 0.29) is 13.0 Å². The number of alkyl halides is 5. The molecular weight excluding hydrogens is 225 g/mol. The van der Waals surface area contributed by atoms with E-state index in [1.54, 1.807) is 0 Å². The number of rotatable bonds is 1. The van der Waals surface area contributed by atoms with Crippen LogP contribution < -0.4 is 0 Å². The fourth-order valence-electron chi connectivity index (χ4n) is 1.25. The normalized spacial score (nSPS) is 23.3. The Bertz CT molecular complexity index is 265. The fraction of sp³-hybridized carbons (Fsp3) is 0.857. The number of likely N-dealkylation sites (tertiary alicyclic amines) is 1. The summed E-state index contributed by atoms with van der Waals surface area (Å²) in [6, 6.07) is 0. The van der Waals surface area contributed by atoms with Crippen molar-refractivity contribution in [1.82, 2.24) is 4.90 Å². The van der Waals surface area contributed by atoms with Gasteiger partial charge < -0.3 is 10.0 Å².